The summed E-state index contributed by atoms with van der Waals surface area (Å²) in [6, 6.07) is 4.85. The first kappa shape index (κ1) is 24.1. The largest absolute Gasteiger partial charge is 0.493 e. The number of methoxy groups -OCH3 is 3. The molecule has 1 amide bonds. The van der Waals surface area contributed by atoms with Crippen LogP contribution in [0.4, 0.5) is 11.5 Å². The number of ether oxygens (including phenoxy) is 3. The minimum atomic E-state index is -0.601. The topological polar surface area (TPSA) is 103 Å². The van der Waals surface area contributed by atoms with E-state index >= 15 is 0 Å². The minimum Gasteiger partial charge on any atom is -0.493 e. The molecule has 0 spiro atoms. The maximum atomic E-state index is 13.3. The molecule has 1 N–H and O–H groups in total. The van der Waals surface area contributed by atoms with Crippen LogP contribution >= 0.6 is 23.1 Å². The number of nitrogens with zero attached hydrogens (tertiary/aromatic N) is 3. The maximum absolute atomic E-state index is 13.3. The average Bonchev–Trinajstić information content (AvgIpc) is 3.32. The SMILES string of the molecule is COC(=O)c1cc(OC)c(OC)cc1NC(=O)c1cc2c(N3CCCCC3)nc(SC)nc2s1. The van der Waals surface area contributed by atoms with Crippen molar-refractivity contribution in [2.45, 2.75) is 24.4 Å². The van der Waals surface area contributed by atoms with Crippen molar-refractivity contribution in [1.82, 2.24) is 9.97 Å². The first-order chi connectivity index (χ1) is 16.5. The van der Waals surface area contributed by atoms with E-state index in [0.29, 0.717) is 21.5 Å². The lowest BCUT2D eigenvalue weighted by molar-refractivity contribution is 0.0601. The number of thiophene rings is 1. The molecule has 34 heavy (non-hydrogen) atoms. The number of carbonyl (C=O) groups excluding carboxylic acids is 2. The number of hydrogen-bond acceptors (Lipinski definition) is 10. The molecule has 0 aliphatic carbocycles. The van der Waals surface area contributed by atoms with E-state index in [4.69, 9.17) is 19.2 Å². The second kappa shape index (κ2) is 10.5. The Morgan fingerprint density at radius 2 is 1.74 bits per heavy atom. The molecule has 1 saturated heterocycles. The molecule has 4 rings (SSSR count). The van der Waals surface area contributed by atoms with Crippen LogP contribution in [0.2, 0.25) is 0 Å². The zero-order chi connectivity index (χ0) is 24.2. The Hall–Kier alpha value is -3.05. The molecule has 3 heterocycles. The van der Waals surface area contributed by atoms with Crippen LogP contribution in [0.1, 0.15) is 39.3 Å². The van der Waals surface area contributed by atoms with Gasteiger partial charge in [-0.2, -0.15) is 0 Å². The van der Waals surface area contributed by atoms with Crippen molar-refractivity contribution in [2.75, 3.05) is 50.9 Å². The fourth-order valence-electron chi connectivity index (χ4n) is 3.88. The monoisotopic (exact) mass is 502 g/mol. The highest BCUT2D eigenvalue weighted by Gasteiger charge is 2.23. The standard InChI is InChI=1S/C23H26N4O5S2/c1-30-16-10-13(22(29)32-3)15(12-17(16)31-2)24-20(28)18-11-14-19(27-8-6-5-7-9-27)25-23(33-4)26-21(14)34-18/h10-12H,5-9H2,1-4H3,(H,24,28). The molecule has 0 saturated carbocycles. The number of anilines is 2. The van der Waals surface area contributed by atoms with Crippen LogP contribution < -0.4 is 19.7 Å². The maximum Gasteiger partial charge on any atom is 0.340 e. The van der Waals surface area contributed by atoms with E-state index in [1.165, 1.54) is 56.9 Å². The molecule has 9 nitrogen and oxygen atoms in total. The Bertz CT molecular complexity index is 1220. The van der Waals surface area contributed by atoms with Crippen LogP contribution in [0.3, 0.4) is 0 Å². The van der Waals surface area contributed by atoms with Crippen LogP contribution in [-0.2, 0) is 4.74 Å². The van der Waals surface area contributed by atoms with Crippen molar-refractivity contribution in [3.63, 3.8) is 0 Å². The lowest BCUT2D eigenvalue weighted by atomic mass is 10.1. The summed E-state index contributed by atoms with van der Waals surface area (Å²) in [6.07, 6.45) is 5.39. The molecule has 1 aromatic carbocycles. The van der Waals surface area contributed by atoms with E-state index in [1.54, 1.807) is 6.07 Å². The van der Waals surface area contributed by atoms with Crippen molar-refractivity contribution in [3.8, 4) is 11.5 Å². The van der Waals surface area contributed by atoms with E-state index in [0.717, 1.165) is 42.0 Å². The number of nitrogens with one attached hydrogen (secondary N) is 1. The highest BCUT2D eigenvalue weighted by atomic mass is 32.2. The normalized spacial score (nSPS) is 13.6. The summed E-state index contributed by atoms with van der Waals surface area (Å²) in [7, 11) is 4.23. The highest BCUT2D eigenvalue weighted by Crippen LogP contribution is 2.36. The second-order valence-corrected chi connectivity index (χ2v) is 9.41. The Balaban J connectivity index is 1.72. The zero-order valence-corrected chi connectivity index (χ0v) is 21.1. The van der Waals surface area contributed by atoms with Gasteiger partial charge in [0.25, 0.3) is 5.91 Å². The quantitative estimate of drug-likeness (QED) is 0.285. The van der Waals surface area contributed by atoms with Gasteiger partial charge >= 0.3 is 5.97 Å². The van der Waals surface area contributed by atoms with Crippen molar-refractivity contribution < 1.29 is 23.8 Å². The third kappa shape index (κ3) is 4.76. The fourth-order valence-corrected chi connectivity index (χ4v) is 5.22. The number of piperidine rings is 1. The number of aromatic nitrogens is 2. The molecule has 1 aliphatic heterocycles. The molecule has 180 valence electrons. The second-order valence-electron chi connectivity index (χ2n) is 7.61. The molecule has 0 radical (unpaired) electrons. The number of hydrogen-bond donors (Lipinski definition) is 1. The van der Waals surface area contributed by atoms with E-state index in [2.05, 4.69) is 15.2 Å². The molecule has 3 aromatic rings. The van der Waals surface area contributed by atoms with Gasteiger partial charge in [-0.1, -0.05) is 11.8 Å². The molecular formula is C23H26N4O5S2. The van der Waals surface area contributed by atoms with Crippen LogP contribution in [-0.4, -0.2) is 62.5 Å². The van der Waals surface area contributed by atoms with Gasteiger partial charge in [-0.15, -0.1) is 11.3 Å². The summed E-state index contributed by atoms with van der Waals surface area (Å²) in [5.74, 6) is 0.635. The molecule has 1 fully saturated rings. The van der Waals surface area contributed by atoms with Crippen molar-refractivity contribution in [1.29, 1.82) is 0 Å². The van der Waals surface area contributed by atoms with Gasteiger partial charge in [0, 0.05) is 25.2 Å². The molecule has 0 bridgehead atoms. The predicted molar refractivity (Wildman–Crippen MR) is 134 cm³/mol. The number of benzene rings is 1. The van der Waals surface area contributed by atoms with E-state index in [1.807, 2.05) is 12.3 Å². The van der Waals surface area contributed by atoms with Crippen LogP contribution in [0.15, 0.2) is 23.4 Å². The molecule has 2 aromatic heterocycles. The number of amides is 1. The van der Waals surface area contributed by atoms with Gasteiger partial charge in [-0.25, -0.2) is 14.8 Å². The van der Waals surface area contributed by atoms with Crippen LogP contribution in [0, 0.1) is 0 Å². The summed E-state index contributed by atoms with van der Waals surface area (Å²) in [5, 5.41) is 4.36. The van der Waals surface area contributed by atoms with Crippen molar-refractivity contribution in [3.05, 3.63) is 28.6 Å². The molecule has 11 heteroatoms. The van der Waals surface area contributed by atoms with Gasteiger partial charge in [0.2, 0.25) is 0 Å². The Morgan fingerprint density at radius 1 is 1.03 bits per heavy atom. The van der Waals surface area contributed by atoms with Crippen LogP contribution in [0.5, 0.6) is 11.5 Å². The Morgan fingerprint density at radius 3 is 2.38 bits per heavy atom. The highest BCUT2D eigenvalue weighted by molar-refractivity contribution is 7.98. The summed E-state index contributed by atoms with van der Waals surface area (Å²) < 4.78 is 15.5. The van der Waals surface area contributed by atoms with Gasteiger partial charge in [-0.05, 0) is 31.6 Å². The van der Waals surface area contributed by atoms with Gasteiger partial charge in [-0.3, -0.25) is 4.79 Å². The number of carbonyl (C=O) groups is 2. The lowest BCUT2D eigenvalue weighted by Gasteiger charge is -2.28. The predicted octanol–water partition coefficient (Wildman–Crippen LogP) is 4.46. The fraction of sp³-hybridized carbons (Fsp3) is 0.391. The Labute approximate surface area is 205 Å². The molecule has 1 aliphatic rings. The number of fused-ring (bicyclic) bond motifs is 1. The summed E-state index contributed by atoms with van der Waals surface area (Å²) >= 11 is 2.77. The number of esters is 1. The Kier molecular flexibility index (Phi) is 7.42. The summed E-state index contributed by atoms with van der Waals surface area (Å²) in [6.45, 7) is 1.87. The summed E-state index contributed by atoms with van der Waals surface area (Å²) in [5.41, 5.74) is 0.423. The van der Waals surface area contributed by atoms with E-state index < -0.39 is 5.97 Å². The summed E-state index contributed by atoms with van der Waals surface area (Å²) in [4.78, 5) is 38.5. The van der Waals surface area contributed by atoms with E-state index in [9.17, 15) is 9.59 Å². The number of rotatable bonds is 7. The van der Waals surface area contributed by atoms with Gasteiger partial charge in [0.05, 0.1) is 42.8 Å². The molecular weight excluding hydrogens is 476 g/mol. The number of thioether (sulfide) groups is 1. The molecule has 0 unspecified atom stereocenters. The van der Waals surface area contributed by atoms with Crippen molar-refractivity contribution >= 4 is 56.7 Å². The lowest BCUT2D eigenvalue weighted by Crippen LogP contribution is -2.30. The smallest absolute Gasteiger partial charge is 0.340 e. The molecule has 0 atom stereocenters. The first-order valence-electron chi connectivity index (χ1n) is 10.7. The van der Waals surface area contributed by atoms with Gasteiger partial charge in [0.1, 0.15) is 10.6 Å². The third-order valence-electron chi connectivity index (χ3n) is 5.59. The first-order valence-corrected chi connectivity index (χ1v) is 12.8. The zero-order valence-electron chi connectivity index (χ0n) is 19.5. The van der Waals surface area contributed by atoms with E-state index in [-0.39, 0.29) is 17.2 Å². The van der Waals surface area contributed by atoms with Gasteiger partial charge in [0.15, 0.2) is 16.7 Å². The van der Waals surface area contributed by atoms with Crippen molar-refractivity contribution in [2.24, 2.45) is 0 Å². The van der Waals surface area contributed by atoms with Crippen LogP contribution in [0.25, 0.3) is 10.2 Å². The van der Waals surface area contributed by atoms with Gasteiger partial charge < -0.3 is 24.4 Å². The third-order valence-corrected chi connectivity index (χ3v) is 7.17. The minimum absolute atomic E-state index is 0.160. The average molecular weight is 503 g/mol.